The molecular weight excluding hydrogens is 174 g/mol. The molecule has 14 heavy (non-hydrogen) atoms. The highest BCUT2D eigenvalue weighted by atomic mass is 15.1. The van der Waals surface area contributed by atoms with E-state index in [0.717, 1.165) is 31.8 Å². The molecule has 1 aliphatic carbocycles. The average Bonchev–Trinajstić information content (AvgIpc) is 2.64. The van der Waals surface area contributed by atoms with Gasteiger partial charge in [-0.25, -0.2) is 0 Å². The summed E-state index contributed by atoms with van der Waals surface area (Å²) in [7, 11) is 0. The monoisotopic (exact) mass is 195 g/mol. The summed E-state index contributed by atoms with van der Waals surface area (Å²) in [6.07, 6.45) is 4.58. The molecule has 0 aromatic rings. The molecule has 0 bridgehead atoms. The Labute approximate surface area is 86.2 Å². The van der Waals surface area contributed by atoms with E-state index >= 15 is 0 Å². The number of aliphatic imine (C=N–C) groups is 1. The van der Waals surface area contributed by atoms with Gasteiger partial charge < -0.3 is 11.1 Å². The smallest absolute Gasteiger partial charge is 0.117 e. The minimum Gasteiger partial charge on any atom is -0.370 e. The van der Waals surface area contributed by atoms with Gasteiger partial charge in [0.2, 0.25) is 0 Å². The van der Waals surface area contributed by atoms with Gasteiger partial charge in [-0.3, -0.25) is 4.99 Å². The highest BCUT2D eigenvalue weighted by Crippen LogP contribution is 2.39. The fraction of sp³-hybridized carbons (Fsp3) is 0.909. The lowest BCUT2D eigenvalue weighted by Crippen LogP contribution is -2.55. The topological polar surface area (TPSA) is 50.4 Å². The van der Waals surface area contributed by atoms with E-state index in [2.05, 4.69) is 24.2 Å². The van der Waals surface area contributed by atoms with Crippen LogP contribution in [0.4, 0.5) is 0 Å². The lowest BCUT2D eigenvalue weighted by atomic mass is 9.69. The van der Waals surface area contributed by atoms with Crippen molar-refractivity contribution in [2.75, 3.05) is 13.1 Å². The molecule has 0 aromatic carbocycles. The Morgan fingerprint density at radius 1 is 1.21 bits per heavy atom. The molecule has 1 fully saturated rings. The molecule has 1 saturated carbocycles. The maximum absolute atomic E-state index is 6.39. The van der Waals surface area contributed by atoms with E-state index in [1.807, 2.05) is 0 Å². The minimum atomic E-state index is -0.147. The number of nitrogens with one attached hydrogen (secondary N) is 1. The average molecular weight is 195 g/mol. The number of nitrogens with two attached hydrogens (primary N) is 1. The molecule has 2 aliphatic rings. The summed E-state index contributed by atoms with van der Waals surface area (Å²) in [6, 6.07) is 0. The van der Waals surface area contributed by atoms with Gasteiger partial charge in [-0.05, 0) is 31.1 Å². The van der Waals surface area contributed by atoms with Crippen LogP contribution in [0.25, 0.3) is 0 Å². The maximum Gasteiger partial charge on any atom is 0.117 e. The number of hydrogen-bond donors (Lipinski definition) is 2. The first-order valence-electron chi connectivity index (χ1n) is 5.60. The molecule has 0 atom stereocenters. The van der Waals surface area contributed by atoms with Crippen molar-refractivity contribution in [1.82, 2.24) is 5.32 Å². The van der Waals surface area contributed by atoms with Crippen LogP contribution in [0, 0.1) is 5.41 Å². The molecule has 0 unspecified atom stereocenters. The molecule has 0 spiro atoms. The van der Waals surface area contributed by atoms with E-state index in [1.165, 1.54) is 12.8 Å². The van der Waals surface area contributed by atoms with Crippen LogP contribution in [0.1, 0.15) is 39.5 Å². The Morgan fingerprint density at radius 2 is 1.86 bits per heavy atom. The zero-order chi connectivity index (χ0) is 10.2. The van der Waals surface area contributed by atoms with Crippen molar-refractivity contribution >= 4 is 5.84 Å². The fourth-order valence-corrected chi connectivity index (χ4v) is 2.34. The predicted octanol–water partition coefficient (Wildman–Crippen LogP) is 1.29. The van der Waals surface area contributed by atoms with Gasteiger partial charge in [0.05, 0.1) is 12.1 Å². The van der Waals surface area contributed by atoms with Gasteiger partial charge in [0, 0.05) is 6.54 Å². The molecule has 3 nitrogen and oxygen atoms in total. The predicted molar refractivity (Wildman–Crippen MR) is 59.5 cm³/mol. The van der Waals surface area contributed by atoms with Crippen LogP contribution in [-0.4, -0.2) is 24.5 Å². The zero-order valence-electron chi connectivity index (χ0n) is 9.27. The van der Waals surface area contributed by atoms with E-state index in [-0.39, 0.29) is 5.54 Å². The van der Waals surface area contributed by atoms with Crippen LogP contribution < -0.4 is 11.1 Å². The number of nitrogens with zero attached hydrogens (tertiary/aromatic N) is 1. The van der Waals surface area contributed by atoms with Gasteiger partial charge in [-0.1, -0.05) is 13.8 Å². The third-order valence-electron chi connectivity index (χ3n) is 3.64. The molecule has 0 amide bonds. The van der Waals surface area contributed by atoms with Crippen LogP contribution in [0.15, 0.2) is 4.99 Å². The maximum atomic E-state index is 6.39. The summed E-state index contributed by atoms with van der Waals surface area (Å²) in [5, 5.41) is 3.32. The second kappa shape index (κ2) is 3.23. The Kier molecular flexibility index (Phi) is 2.30. The van der Waals surface area contributed by atoms with Crippen molar-refractivity contribution in [3.8, 4) is 0 Å². The first kappa shape index (κ1) is 9.97. The first-order chi connectivity index (χ1) is 6.52. The second-order valence-corrected chi connectivity index (χ2v) is 5.48. The molecule has 1 heterocycles. The summed E-state index contributed by atoms with van der Waals surface area (Å²) >= 11 is 0. The normalized spacial score (nSPS) is 29.5. The number of amidine groups is 1. The Balaban J connectivity index is 2.05. The van der Waals surface area contributed by atoms with Gasteiger partial charge in [0.15, 0.2) is 0 Å². The lowest BCUT2D eigenvalue weighted by Gasteiger charge is -2.41. The molecule has 3 heteroatoms. The van der Waals surface area contributed by atoms with Crippen molar-refractivity contribution < 1.29 is 0 Å². The Morgan fingerprint density at radius 3 is 2.36 bits per heavy atom. The van der Waals surface area contributed by atoms with Crippen molar-refractivity contribution in [2.24, 2.45) is 16.1 Å². The van der Waals surface area contributed by atoms with Gasteiger partial charge in [0.25, 0.3) is 0 Å². The fourth-order valence-electron chi connectivity index (χ4n) is 2.34. The van der Waals surface area contributed by atoms with E-state index in [0.29, 0.717) is 5.41 Å². The highest BCUT2D eigenvalue weighted by molar-refractivity contribution is 5.92. The van der Waals surface area contributed by atoms with Crippen LogP contribution in [0.5, 0.6) is 0 Å². The summed E-state index contributed by atoms with van der Waals surface area (Å²) in [5.74, 6) is 1.06. The van der Waals surface area contributed by atoms with Crippen LogP contribution in [0.2, 0.25) is 0 Å². The second-order valence-electron chi connectivity index (χ2n) is 5.48. The number of hydrogen-bond acceptors (Lipinski definition) is 3. The van der Waals surface area contributed by atoms with E-state index < -0.39 is 0 Å². The third kappa shape index (κ3) is 1.78. The standard InChI is InChI=1S/C11H21N3/c1-10(2)3-5-11(12,6-4-10)9-13-7-8-14-9/h3-8,12H2,1-2H3,(H,13,14). The summed E-state index contributed by atoms with van der Waals surface area (Å²) in [5.41, 5.74) is 6.72. The third-order valence-corrected chi connectivity index (χ3v) is 3.64. The van der Waals surface area contributed by atoms with E-state index in [1.54, 1.807) is 0 Å². The molecule has 3 N–H and O–H groups in total. The zero-order valence-corrected chi connectivity index (χ0v) is 9.27. The molecule has 80 valence electrons. The van der Waals surface area contributed by atoms with E-state index in [4.69, 9.17) is 5.73 Å². The Hall–Kier alpha value is -0.570. The van der Waals surface area contributed by atoms with Gasteiger partial charge in [-0.15, -0.1) is 0 Å². The van der Waals surface area contributed by atoms with Gasteiger partial charge in [-0.2, -0.15) is 0 Å². The van der Waals surface area contributed by atoms with Crippen molar-refractivity contribution in [3.05, 3.63) is 0 Å². The quantitative estimate of drug-likeness (QED) is 0.662. The first-order valence-corrected chi connectivity index (χ1v) is 5.60. The largest absolute Gasteiger partial charge is 0.370 e. The summed E-state index contributed by atoms with van der Waals surface area (Å²) < 4.78 is 0. The van der Waals surface area contributed by atoms with Gasteiger partial charge in [0.1, 0.15) is 5.84 Å². The highest BCUT2D eigenvalue weighted by Gasteiger charge is 2.39. The summed E-state index contributed by atoms with van der Waals surface area (Å²) in [6.45, 7) is 6.53. The molecule has 0 aromatic heterocycles. The molecule has 0 radical (unpaired) electrons. The Bertz CT molecular complexity index is 245. The van der Waals surface area contributed by atoms with Crippen molar-refractivity contribution in [1.29, 1.82) is 0 Å². The van der Waals surface area contributed by atoms with Crippen LogP contribution in [0.3, 0.4) is 0 Å². The lowest BCUT2D eigenvalue weighted by molar-refractivity contribution is 0.200. The SMILES string of the molecule is CC1(C)CCC(N)(C2=NCCN2)CC1. The molecule has 2 rings (SSSR count). The van der Waals surface area contributed by atoms with Crippen LogP contribution in [-0.2, 0) is 0 Å². The molecule has 1 aliphatic heterocycles. The van der Waals surface area contributed by atoms with Gasteiger partial charge >= 0.3 is 0 Å². The number of rotatable bonds is 1. The summed E-state index contributed by atoms with van der Waals surface area (Å²) in [4.78, 5) is 4.46. The molecular formula is C11H21N3. The van der Waals surface area contributed by atoms with Crippen molar-refractivity contribution in [2.45, 2.75) is 45.1 Å². The molecule has 0 saturated heterocycles. The minimum absolute atomic E-state index is 0.147. The van der Waals surface area contributed by atoms with Crippen molar-refractivity contribution in [3.63, 3.8) is 0 Å². The van der Waals surface area contributed by atoms with Crippen LogP contribution >= 0.6 is 0 Å². The van der Waals surface area contributed by atoms with E-state index in [9.17, 15) is 0 Å².